The molecule has 1 amide bonds. The van der Waals surface area contributed by atoms with Gasteiger partial charge in [-0.15, -0.1) is 10.2 Å². The van der Waals surface area contributed by atoms with Crippen LogP contribution in [-0.2, 0) is 14.8 Å². The number of methoxy groups -OCH3 is 2. The summed E-state index contributed by atoms with van der Waals surface area (Å²) >= 11 is 7.10. The van der Waals surface area contributed by atoms with Gasteiger partial charge in [0.25, 0.3) is 10.0 Å². The fourth-order valence-electron chi connectivity index (χ4n) is 3.40. The maximum atomic E-state index is 13.7. The van der Waals surface area contributed by atoms with E-state index < -0.39 is 22.5 Å². The van der Waals surface area contributed by atoms with Gasteiger partial charge in [-0.2, -0.15) is 0 Å². The molecular formula is C25H23ClN4O5S2. The molecule has 0 saturated carbocycles. The normalized spacial score (nSPS) is 11.1. The highest BCUT2D eigenvalue weighted by atomic mass is 35.5. The zero-order valence-electron chi connectivity index (χ0n) is 20.1. The van der Waals surface area contributed by atoms with E-state index in [1.807, 2.05) is 6.92 Å². The van der Waals surface area contributed by atoms with Crippen LogP contribution in [0.2, 0.25) is 5.02 Å². The lowest BCUT2D eigenvalue weighted by Gasteiger charge is -2.24. The van der Waals surface area contributed by atoms with Crippen LogP contribution in [0, 0.1) is 6.92 Å². The molecule has 1 N–H and O–H groups in total. The van der Waals surface area contributed by atoms with Crippen molar-refractivity contribution in [1.82, 2.24) is 10.2 Å². The molecule has 9 nitrogen and oxygen atoms in total. The summed E-state index contributed by atoms with van der Waals surface area (Å²) in [7, 11) is -1.29. The molecule has 0 fully saturated rings. The summed E-state index contributed by atoms with van der Waals surface area (Å²) in [6.07, 6.45) is 0. The van der Waals surface area contributed by atoms with Crippen molar-refractivity contribution in [3.63, 3.8) is 0 Å². The van der Waals surface area contributed by atoms with E-state index in [-0.39, 0.29) is 15.8 Å². The second-order valence-corrected chi connectivity index (χ2v) is 11.1. The van der Waals surface area contributed by atoms with Gasteiger partial charge in [-0.25, -0.2) is 8.42 Å². The van der Waals surface area contributed by atoms with Crippen molar-refractivity contribution in [2.75, 3.05) is 30.4 Å². The van der Waals surface area contributed by atoms with Crippen molar-refractivity contribution in [2.24, 2.45) is 0 Å². The van der Waals surface area contributed by atoms with Crippen LogP contribution in [0.25, 0.3) is 10.6 Å². The fourth-order valence-corrected chi connectivity index (χ4v) is 5.73. The number of rotatable bonds is 9. The van der Waals surface area contributed by atoms with Crippen LogP contribution in [0.15, 0.2) is 71.6 Å². The zero-order chi connectivity index (χ0) is 26.6. The number of benzene rings is 3. The number of amides is 1. The molecule has 0 aliphatic carbocycles. The Morgan fingerprint density at radius 2 is 1.65 bits per heavy atom. The van der Waals surface area contributed by atoms with Gasteiger partial charge in [-0.1, -0.05) is 52.8 Å². The minimum Gasteiger partial charge on any atom is -0.493 e. The molecule has 0 unspecified atom stereocenters. The number of aryl methyl sites for hydroxylation is 1. The van der Waals surface area contributed by atoms with Crippen molar-refractivity contribution in [1.29, 1.82) is 0 Å². The number of nitrogens with zero attached hydrogens (tertiary/aromatic N) is 3. The van der Waals surface area contributed by atoms with Gasteiger partial charge in [0.15, 0.2) is 11.5 Å². The molecule has 0 spiro atoms. The third kappa shape index (κ3) is 6.01. The highest BCUT2D eigenvalue weighted by Crippen LogP contribution is 2.32. The number of carbonyl (C=O) groups is 1. The van der Waals surface area contributed by atoms with Crippen LogP contribution in [-0.4, -0.2) is 45.3 Å². The number of hydrogen-bond donors (Lipinski definition) is 1. The molecule has 1 aromatic heterocycles. The van der Waals surface area contributed by atoms with Gasteiger partial charge in [-0.3, -0.25) is 14.4 Å². The first kappa shape index (κ1) is 26.4. The number of halogens is 1. The van der Waals surface area contributed by atoms with Crippen LogP contribution < -0.4 is 19.1 Å². The Bertz CT molecular complexity index is 1510. The van der Waals surface area contributed by atoms with E-state index in [9.17, 15) is 13.2 Å². The van der Waals surface area contributed by atoms with E-state index in [4.69, 9.17) is 21.1 Å². The second kappa shape index (κ2) is 11.2. The highest BCUT2D eigenvalue weighted by Gasteiger charge is 2.29. The van der Waals surface area contributed by atoms with E-state index in [2.05, 4.69) is 15.5 Å². The van der Waals surface area contributed by atoms with Gasteiger partial charge >= 0.3 is 0 Å². The van der Waals surface area contributed by atoms with Crippen LogP contribution in [0.4, 0.5) is 10.8 Å². The Labute approximate surface area is 223 Å². The number of aromatic nitrogens is 2. The first-order valence-electron chi connectivity index (χ1n) is 10.9. The molecule has 0 aliphatic rings. The van der Waals surface area contributed by atoms with Crippen molar-refractivity contribution in [3.8, 4) is 22.1 Å². The van der Waals surface area contributed by atoms with Gasteiger partial charge in [0, 0.05) is 16.7 Å². The summed E-state index contributed by atoms with van der Waals surface area (Å²) in [6.45, 7) is 1.40. The SMILES string of the molecule is COc1ccc(S(=O)(=O)N(CC(=O)Nc2nnc(-c3ccc(Cl)cc3)s2)c2ccc(C)cc2)cc1OC. The third-order valence-corrected chi connectivity index (χ3v) is 8.22. The quantitative estimate of drug-likeness (QED) is 0.307. The molecule has 1 heterocycles. The molecule has 4 aromatic rings. The Hall–Kier alpha value is -3.67. The highest BCUT2D eigenvalue weighted by molar-refractivity contribution is 7.92. The zero-order valence-corrected chi connectivity index (χ0v) is 22.5. The average Bonchev–Trinajstić information content (AvgIpc) is 3.36. The maximum absolute atomic E-state index is 13.7. The van der Waals surface area contributed by atoms with E-state index in [1.54, 1.807) is 48.5 Å². The number of hydrogen-bond acceptors (Lipinski definition) is 8. The summed E-state index contributed by atoms with van der Waals surface area (Å²) < 4.78 is 38.9. The minimum atomic E-state index is -4.16. The number of carbonyl (C=O) groups excluding carboxylic acids is 1. The van der Waals surface area contributed by atoms with E-state index in [0.29, 0.717) is 21.5 Å². The molecule has 192 valence electrons. The van der Waals surface area contributed by atoms with E-state index in [1.165, 1.54) is 32.4 Å². The van der Waals surface area contributed by atoms with Crippen LogP contribution in [0.5, 0.6) is 11.5 Å². The third-order valence-electron chi connectivity index (χ3n) is 5.31. The lowest BCUT2D eigenvalue weighted by atomic mass is 10.2. The molecule has 4 rings (SSSR count). The summed E-state index contributed by atoms with van der Waals surface area (Å²) in [5.41, 5.74) is 2.06. The van der Waals surface area contributed by atoms with Crippen LogP contribution in [0.3, 0.4) is 0 Å². The van der Waals surface area contributed by atoms with E-state index >= 15 is 0 Å². The average molecular weight is 559 g/mol. The number of sulfonamides is 1. The predicted molar refractivity (Wildman–Crippen MR) is 144 cm³/mol. The monoisotopic (exact) mass is 558 g/mol. The molecule has 37 heavy (non-hydrogen) atoms. The summed E-state index contributed by atoms with van der Waals surface area (Å²) in [5.74, 6) is 0.0535. The number of ether oxygens (including phenoxy) is 2. The van der Waals surface area contributed by atoms with Gasteiger partial charge in [0.05, 0.1) is 24.8 Å². The molecule has 3 aromatic carbocycles. The molecule has 12 heteroatoms. The standard InChI is InChI=1S/C25H23ClN4O5S2/c1-16-4-10-19(11-5-16)30(37(32,33)20-12-13-21(34-2)22(14-20)35-3)15-23(31)27-25-29-28-24(36-25)17-6-8-18(26)9-7-17/h4-14H,15H2,1-3H3,(H,27,29,31). The van der Waals surface area contributed by atoms with Crippen molar-refractivity contribution >= 4 is 49.7 Å². The Balaban J connectivity index is 1.61. The molecule has 0 radical (unpaired) electrons. The largest absolute Gasteiger partial charge is 0.493 e. The molecule has 0 bridgehead atoms. The smallest absolute Gasteiger partial charge is 0.264 e. The summed E-state index contributed by atoms with van der Waals surface area (Å²) in [5, 5.41) is 12.2. The van der Waals surface area contributed by atoms with Crippen LogP contribution >= 0.6 is 22.9 Å². The fraction of sp³-hybridized carbons (Fsp3) is 0.160. The molecule has 0 aliphatic heterocycles. The van der Waals surface area contributed by atoms with Crippen molar-refractivity contribution in [2.45, 2.75) is 11.8 Å². The Kier molecular flexibility index (Phi) is 7.96. The Morgan fingerprint density at radius 3 is 2.30 bits per heavy atom. The first-order valence-corrected chi connectivity index (χ1v) is 13.6. The number of anilines is 2. The molecule has 0 saturated heterocycles. The topological polar surface area (TPSA) is 111 Å². The summed E-state index contributed by atoms with van der Waals surface area (Å²) in [4.78, 5) is 13.0. The predicted octanol–water partition coefficient (Wildman–Crippen LogP) is 5.02. The lowest BCUT2D eigenvalue weighted by Crippen LogP contribution is -2.38. The second-order valence-electron chi connectivity index (χ2n) is 7.83. The number of nitrogens with one attached hydrogen (secondary N) is 1. The maximum Gasteiger partial charge on any atom is 0.264 e. The first-order chi connectivity index (χ1) is 17.7. The van der Waals surface area contributed by atoms with Crippen LogP contribution in [0.1, 0.15) is 5.56 Å². The van der Waals surface area contributed by atoms with Crippen molar-refractivity contribution in [3.05, 3.63) is 77.3 Å². The van der Waals surface area contributed by atoms with Gasteiger partial charge in [-0.05, 0) is 43.3 Å². The van der Waals surface area contributed by atoms with Gasteiger partial charge in [0.1, 0.15) is 11.6 Å². The Morgan fingerprint density at radius 1 is 0.973 bits per heavy atom. The van der Waals surface area contributed by atoms with E-state index in [0.717, 1.165) is 26.8 Å². The van der Waals surface area contributed by atoms with Gasteiger partial charge < -0.3 is 9.47 Å². The lowest BCUT2D eigenvalue weighted by molar-refractivity contribution is -0.114. The summed E-state index contributed by atoms with van der Waals surface area (Å²) in [6, 6.07) is 18.1. The van der Waals surface area contributed by atoms with Crippen molar-refractivity contribution < 1.29 is 22.7 Å². The van der Waals surface area contributed by atoms with Gasteiger partial charge in [0.2, 0.25) is 11.0 Å². The molecule has 0 atom stereocenters. The molecular weight excluding hydrogens is 536 g/mol. The minimum absolute atomic E-state index is 0.0561.